The van der Waals surface area contributed by atoms with Gasteiger partial charge in [-0.15, -0.1) is 0 Å². The molecule has 0 fully saturated rings. The lowest BCUT2D eigenvalue weighted by Gasteiger charge is -2.21. The zero-order valence-electron chi connectivity index (χ0n) is 21.5. The number of nitrogens with one attached hydrogen (secondary N) is 4. The summed E-state index contributed by atoms with van der Waals surface area (Å²) in [6.07, 6.45) is 3.36. The molecule has 0 aliphatic carbocycles. The van der Waals surface area contributed by atoms with Gasteiger partial charge in [0.25, 0.3) is 0 Å². The van der Waals surface area contributed by atoms with Gasteiger partial charge in [-0.25, -0.2) is 8.42 Å². The molecule has 3 aromatic carbocycles. The monoisotopic (exact) mass is 546 g/mol. The predicted molar refractivity (Wildman–Crippen MR) is 150 cm³/mol. The van der Waals surface area contributed by atoms with E-state index in [2.05, 4.69) is 20.9 Å². The topological polar surface area (TPSA) is 140 Å². The molecule has 4 bridgehead atoms. The molecule has 2 amide bonds. The largest absolute Gasteiger partial charge is 0.494 e. The van der Waals surface area contributed by atoms with E-state index in [0.717, 1.165) is 16.5 Å². The summed E-state index contributed by atoms with van der Waals surface area (Å²) in [5.41, 5.74) is 3.27. The fourth-order valence-corrected chi connectivity index (χ4v) is 5.88. The minimum Gasteiger partial charge on any atom is -0.494 e. The van der Waals surface area contributed by atoms with Gasteiger partial charge in [-0.1, -0.05) is 37.3 Å². The van der Waals surface area contributed by atoms with Gasteiger partial charge in [0, 0.05) is 41.3 Å². The second kappa shape index (κ2) is 10.8. The second-order valence-electron chi connectivity index (χ2n) is 9.60. The molecule has 0 radical (unpaired) electrons. The molecular formula is C29H30N4O5S. The first-order valence-corrected chi connectivity index (χ1v) is 14.5. The summed E-state index contributed by atoms with van der Waals surface area (Å²) in [4.78, 5) is 29.0. The Morgan fingerprint density at radius 2 is 1.79 bits per heavy atom. The van der Waals surface area contributed by atoms with Crippen LogP contribution in [0, 0.1) is 0 Å². The van der Waals surface area contributed by atoms with Crippen molar-refractivity contribution in [1.29, 1.82) is 0 Å². The molecule has 10 heteroatoms. The van der Waals surface area contributed by atoms with Crippen LogP contribution in [0.5, 0.6) is 5.88 Å². The predicted octanol–water partition coefficient (Wildman–Crippen LogP) is 4.41. The molecule has 0 spiro atoms. The Bertz CT molecular complexity index is 1640. The van der Waals surface area contributed by atoms with Gasteiger partial charge in [0.1, 0.15) is 6.04 Å². The summed E-state index contributed by atoms with van der Waals surface area (Å²) in [6, 6.07) is 16.9. The number of rotatable bonds is 4. The Hall–Kier alpha value is -4.31. The van der Waals surface area contributed by atoms with Crippen LogP contribution in [0.25, 0.3) is 10.8 Å². The van der Waals surface area contributed by atoms with E-state index in [1.165, 1.54) is 6.07 Å². The molecule has 3 heterocycles. The second-order valence-corrected chi connectivity index (χ2v) is 11.9. The highest BCUT2D eigenvalue weighted by Crippen LogP contribution is 2.29. The van der Waals surface area contributed by atoms with Gasteiger partial charge in [-0.3, -0.25) is 9.59 Å². The van der Waals surface area contributed by atoms with E-state index in [1.54, 1.807) is 31.3 Å². The Labute approximate surface area is 226 Å². The number of aromatic hydroxyl groups is 1. The Morgan fingerprint density at radius 3 is 2.56 bits per heavy atom. The van der Waals surface area contributed by atoms with Crippen molar-refractivity contribution in [2.75, 3.05) is 16.4 Å². The Balaban J connectivity index is 1.51. The molecule has 0 saturated carbocycles. The molecule has 39 heavy (non-hydrogen) atoms. The lowest BCUT2D eigenvalue weighted by atomic mass is 10.0. The van der Waals surface area contributed by atoms with Crippen LogP contribution in [0.1, 0.15) is 42.5 Å². The van der Waals surface area contributed by atoms with Crippen molar-refractivity contribution in [3.05, 3.63) is 83.6 Å². The van der Waals surface area contributed by atoms with Crippen LogP contribution in [-0.4, -0.2) is 36.1 Å². The van der Waals surface area contributed by atoms with Crippen molar-refractivity contribution in [3.63, 3.8) is 0 Å². The smallest absolute Gasteiger partial charge is 0.247 e. The number of anilines is 2. The van der Waals surface area contributed by atoms with Crippen molar-refractivity contribution in [2.45, 2.75) is 43.7 Å². The normalized spacial score (nSPS) is 16.6. The fraction of sp³-hybridized carbons (Fsp3) is 0.241. The number of aromatic amines is 1. The summed E-state index contributed by atoms with van der Waals surface area (Å²) in [6.45, 7) is 1.51. The molecule has 1 atom stereocenters. The lowest BCUT2D eigenvalue weighted by molar-refractivity contribution is -0.122. The van der Waals surface area contributed by atoms with Gasteiger partial charge in [0.15, 0.2) is 15.7 Å². The average Bonchev–Trinajstić information content (AvgIpc) is 3.30. The molecule has 5 N–H and O–H groups in total. The van der Waals surface area contributed by atoms with Gasteiger partial charge in [-0.2, -0.15) is 0 Å². The number of hydrogen-bond acceptors (Lipinski definition) is 6. The van der Waals surface area contributed by atoms with Gasteiger partial charge in [0.2, 0.25) is 11.8 Å². The van der Waals surface area contributed by atoms with Gasteiger partial charge in [-0.05, 0) is 59.9 Å². The zero-order valence-corrected chi connectivity index (χ0v) is 22.3. The van der Waals surface area contributed by atoms with E-state index >= 15 is 0 Å². The minimum absolute atomic E-state index is 0.0390. The van der Waals surface area contributed by atoms with Crippen molar-refractivity contribution >= 4 is 43.8 Å². The van der Waals surface area contributed by atoms with Crippen molar-refractivity contribution in [3.8, 4) is 5.88 Å². The number of fused-ring (bicyclic) bond motifs is 10. The van der Waals surface area contributed by atoms with Crippen LogP contribution < -0.4 is 16.0 Å². The molecule has 9 nitrogen and oxygen atoms in total. The van der Waals surface area contributed by atoms with Crippen LogP contribution >= 0.6 is 0 Å². The van der Waals surface area contributed by atoms with Crippen molar-refractivity contribution in [1.82, 2.24) is 10.3 Å². The van der Waals surface area contributed by atoms with E-state index in [1.807, 2.05) is 36.4 Å². The molecule has 6 rings (SSSR count). The van der Waals surface area contributed by atoms with Crippen LogP contribution in [-0.2, 0) is 32.4 Å². The number of aromatic nitrogens is 1. The van der Waals surface area contributed by atoms with E-state index < -0.39 is 15.9 Å². The molecule has 2 aliphatic rings. The molecule has 1 aromatic heterocycles. The van der Waals surface area contributed by atoms with E-state index in [9.17, 15) is 23.1 Å². The summed E-state index contributed by atoms with van der Waals surface area (Å²) >= 11 is 0. The van der Waals surface area contributed by atoms with Crippen molar-refractivity contribution < 1.29 is 23.1 Å². The quantitative estimate of drug-likeness (QED) is 0.257. The molecule has 0 saturated heterocycles. The Morgan fingerprint density at radius 1 is 1.00 bits per heavy atom. The molecule has 4 aromatic rings. The third kappa shape index (κ3) is 5.75. The van der Waals surface area contributed by atoms with E-state index in [0.29, 0.717) is 41.6 Å². The number of carbonyl (C=O) groups is 2. The SMILES string of the molecule is CCS(=O)(=O)c1ccc2cc1CNC(=O)[C@H](Nc1ccc3c[nH]c(O)c3c1)c1ccc(cc1)CCCC(=O)N2. The third-order valence-electron chi connectivity index (χ3n) is 6.94. The average molecular weight is 547 g/mol. The molecular weight excluding hydrogens is 516 g/mol. The van der Waals surface area contributed by atoms with Crippen LogP contribution in [0.15, 0.2) is 71.8 Å². The summed E-state index contributed by atoms with van der Waals surface area (Å²) in [7, 11) is -3.57. The van der Waals surface area contributed by atoms with Gasteiger partial charge >= 0.3 is 0 Å². The number of benzene rings is 3. The highest BCUT2D eigenvalue weighted by atomic mass is 32.2. The third-order valence-corrected chi connectivity index (χ3v) is 8.77. The maximum absolute atomic E-state index is 13.6. The summed E-state index contributed by atoms with van der Waals surface area (Å²) < 4.78 is 25.6. The van der Waals surface area contributed by atoms with Gasteiger partial charge in [0.05, 0.1) is 10.6 Å². The molecule has 2 aliphatic heterocycles. The maximum atomic E-state index is 13.6. The van der Waals surface area contributed by atoms with Crippen LogP contribution in [0.4, 0.5) is 11.4 Å². The standard InChI is InChI=1S/C29H30N4O5S/c1-2-39(37,38)25-13-12-22-14-21(25)17-31-29(36)27(33-23-11-10-20-16-30-28(35)24(20)15-23)19-8-6-18(7-9-19)4-3-5-26(34)32-22/h6-16,27,30,33,35H,2-5,17H2,1H3,(H,31,36)(H,32,34)/t27-/m1/s1. The highest BCUT2D eigenvalue weighted by Gasteiger charge is 2.23. The number of sulfone groups is 1. The van der Waals surface area contributed by atoms with Crippen LogP contribution in [0.2, 0.25) is 0 Å². The van der Waals surface area contributed by atoms with Crippen LogP contribution in [0.3, 0.4) is 0 Å². The first kappa shape index (κ1) is 26.3. The molecule has 202 valence electrons. The number of amides is 2. The first-order valence-electron chi connectivity index (χ1n) is 12.8. The number of aryl methyl sites for hydroxylation is 1. The number of H-pyrrole nitrogens is 1. The number of carbonyl (C=O) groups excluding carboxylic acids is 2. The first-order chi connectivity index (χ1) is 18.7. The van der Waals surface area contributed by atoms with E-state index in [-0.39, 0.29) is 34.9 Å². The van der Waals surface area contributed by atoms with Gasteiger partial charge < -0.3 is 26.0 Å². The zero-order chi connectivity index (χ0) is 27.6. The number of hydrogen-bond donors (Lipinski definition) is 5. The minimum atomic E-state index is -3.57. The summed E-state index contributed by atoms with van der Waals surface area (Å²) in [5.74, 6) is -0.570. The highest BCUT2D eigenvalue weighted by molar-refractivity contribution is 7.91. The summed E-state index contributed by atoms with van der Waals surface area (Å²) in [5, 5.41) is 20.6. The van der Waals surface area contributed by atoms with E-state index in [4.69, 9.17) is 0 Å². The molecule has 0 unspecified atom stereocenters. The van der Waals surface area contributed by atoms with Crippen molar-refractivity contribution in [2.24, 2.45) is 0 Å². The Kier molecular flexibility index (Phi) is 7.30. The fourth-order valence-electron chi connectivity index (χ4n) is 4.76. The maximum Gasteiger partial charge on any atom is 0.247 e. The lowest BCUT2D eigenvalue weighted by Crippen LogP contribution is -2.33.